The molecule has 2 N–H and O–H groups in total. The van der Waals surface area contributed by atoms with E-state index in [1.807, 2.05) is 11.9 Å². The number of carboxylic acid groups (broad SMARTS) is 1. The first-order chi connectivity index (χ1) is 10.2. The van der Waals surface area contributed by atoms with Gasteiger partial charge in [-0.3, -0.25) is 9.59 Å². The lowest BCUT2D eigenvalue weighted by atomic mass is 9.74. The number of unbranched alkanes of at least 4 members (excludes halogenated alkanes) is 1. The van der Waals surface area contributed by atoms with Gasteiger partial charge in [0.25, 0.3) is 0 Å². The van der Waals surface area contributed by atoms with Crippen molar-refractivity contribution in [2.24, 2.45) is 11.3 Å². The molecule has 0 radical (unpaired) electrons. The Balaban J connectivity index is 4.11. The summed E-state index contributed by atoms with van der Waals surface area (Å²) in [5, 5.41) is 11.7. The first kappa shape index (κ1) is 20.9. The molecule has 0 aromatic carbocycles. The predicted molar refractivity (Wildman–Crippen MR) is 89.8 cm³/mol. The van der Waals surface area contributed by atoms with Crippen LogP contribution in [0.2, 0.25) is 0 Å². The standard InChI is InChI=1S/C17H34N2O3/c1-6-7-10-17(4,14(2)3)16(22)18-11-8-12-19(5)13-9-15(20)21/h14H,6-13H2,1-5H3,(H,18,22)(H,20,21). The lowest BCUT2D eigenvalue weighted by Gasteiger charge is -2.32. The zero-order valence-corrected chi connectivity index (χ0v) is 14.9. The highest BCUT2D eigenvalue weighted by Gasteiger charge is 2.35. The van der Waals surface area contributed by atoms with Gasteiger partial charge in [0.15, 0.2) is 0 Å². The van der Waals surface area contributed by atoms with E-state index in [-0.39, 0.29) is 17.7 Å². The van der Waals surface area contributed by atoms with Crippen LogP contribution in [0.4, 0.5) is 0 Å². The highest BCUT2D eigenvalue weighted by molar-refractivity contribution is 5.82. The van der Waals surface area contributed by atoms with Gasteiger partial charge in [-0.1, -0.05) is 40.5 Å². The quantitative estimate of drug-likeness (QED) is 0.543. The second-order valence-electron chi connectivity index (χ2n) is 6.73. The molecule has 0 saturated carbocycles. The summed E-state index contributed by atoms with van der Waals surface area (Å²) in [7, 11) is 1.91. The molecule has 22 heavy (non-hydrogen) atoms. The highest BCUT2D eigenvalue weighted by Crippen LogP contribution is 2.33. The summed E-state index contributed by atoms with van der Waals surface area (Å²) < 4.78 is 0. The molecule has 1 amide bonds. The first-order valence-electron chi connectivity index (χ1n) is 8.42. The van der Waals surface area contributed by atoms with Crippen LogP contribution in [0.15, 0.2) is 0 Å². The van der Waals surface area contributed by atoms with Crippen LogP contribution >= 0.6 is 0 Å². The summed E-state index contributed by atoms with van der Waals surface area (Å²) in [6.07, 6.45) is 4.09. The molecule has 0 heterocycles. The molecule has 0 aromatic heterocycles. The Morgan fingerprint density at radius 2 is 1.86 bits per heavy atom. The van der Waals surface area contributed by atoms with Crippen molar-refractivity contribution in [2.45, 2.75) is 59.8 Å². The van der Waals surface area contributed by atoms with Gasteiger partial charge in [0.05, 0.1) is 6.42 Å². The fraction of sp³-hybridized carbons (Fsp3) is 0.882. The van der Waals surface area contributed by atoms with Gasteiger partial charge in [-0.15, -0.1) is 0 Å². The maximum Gasteiger partial charge on any atom is 0.304 e. The lowest BCUT2D eigenvalue weighted by Crippen LogP contribution is -2.43. The number of carbonyl (C=O) groups is 2. The number of nitrogens with one attached hydrogen (secondary N) is 1. The summed E-state index contributed by atoms with van der Waals surface area (Å²) in [6, 6.07) is 0. The minimum atomic E-state index is -0.774. The topological polar surface area (TPSA) is 69.6 Å². The molecule has 1 unspecified atom stereocenters. The number of amides is 1. The molecule has 0 aliphatic rings. The van der Waals surface area contributed by atoms with Crippen LogP contribution in [-0.4, -0.2) is 48.6 Å². The average Bonchev–Trinajstić information content (AvgIpc) is 2.46. The van der Waals surface area contributed by atoms with Gasteiger partial charge in [-0.05, 0) is 32.4 Å². The maximum absolute atomic E-state index is 12.5. The highest BCUT2D eigenvalue weighted by atomic mass is 16.4. The average molecular weight is 314 g/mol. The summed E-state index contributed by atoms with van der Waals surface area (Å²) in [5.41, 5.74) is -0.300. The van der Waals surface area contributed by atoms with E-state index in [1.54, 1.807) is 0 Å². The van der Waals surface area contributed by atoms with Gasteiger partial charge in [0, 0.05) is 18.5 Å². The van der Waals surface area contributed by atoms with Crippen molar-refractivity contribution in [1.82, 2.24) is 10.2 Å². The van der Waals surface area contributed by atoms with Crippen LogP contribution < -0.4 is 5.32 Å². The molecule has 0 fully saturated rings. The van der Waals surface area contributed by atoms with E-state index >= 15 is 0 Å². The van der Waals surface area contributed by atoms with E-state index in [2.05, 4.69) is 33.0 Å². The fourth-order valence-electron chi connectivity index (χ4n) is 2.36. The van der Waals surface area contributed by atoms with Crippen molar-refractivity contribution in [2.75, 3.05) is 26.7 Å². The molecule has 0 spiro atoms. The number of nitrogens with zero attached hydrogens (tertiary/aromatic N) is 1. The van der Waals surface area contributed by atoms with E-state index in [9.17, 15) is 9.59 Å². The third-order valence-electron chi connectivity index (χ3n) is 4.55. The van der Waals surface area contributed by atoms with Crippen LogP contribution in [0.5, 0.6) is 0 Å². The molecular weight excluding hydrogens is 280 g/mol. The Bertz CT molecular complexity index is 345. The summed E-state index contributed by atoms with van der Waals surface area (Å²) in [4.78, 5) is 25.0. The Hall–Kier alpha value is -1.10. The lowest BCUT2D eigenvalue weighted by molar-refractivity contribution is -0.137. The Labute approximate surface area is 135 Å². The zero-order chi connectivity index (χ0) is 17.2. The minimum absolute atomic E-state index is 0.143. The SMILES string of the molecule is CCCCC(C)(C(=O)NCCCN(C)CCC(=O)O)C(C)C. The molecule has 0 aliphatic carbocycles. The van der Waals surface area contributed by atoms with E-state index in [1.165, 1.54) is 0 Å². The molecule has 1 atom stereocenters. The van der Waals surface area contributed by atoms with Gasteiger partial charge >= 0.3 is 5.97 Å². The number of aliphatic carboxylic acids is 1. The molecule has 0 aliphatic heterocycles. The van der Waals surface area contributed by atoms with Gasteiger partial charge in [0.2, 0.25) is 5.91 Å². The van der Waals surface area contributed by atoms with Crippen molar-refractivity contribution in [3.63, 3.8) is 0 Å². The normalized spacial score (nSPS) is 14.1. The largest absolute Gasteiger partial charge is 0.481 e. The van der Waals surface area contributed by atoms with Crippen molar-refractivity contribution in [3.8, 4) is 0 Å². The van der Waals surface area contributed by atoms with E-state index < -0.39 is 5.97 Å². The minimum Gasteiger partial charge on any atom is -0.481 e. The number of rotatable bonds is 12. The molecule has 0 saturated heterocycles. The zero-order valence-electron chi connectivity index (χ0n) is 14.9. The molecule has 0 rings (SSSR count). The first-order valence-corrected chi connectivity index (χ1v) is 8.42. The van der Waals surface area contributed by atoms with Crippen molar-refractivity contribution >= 4 is 11.9 Å². The van der Waals surface area contributed by atoms with E-state index in [0.29, 0.717) is 19.0 Å². The smallest absolute Gasteiger partial charge is 0.304 e. The summed E-state index contributed by atoms with van der Waals surface area (Å²) in [5.74, 6) is -0.315. The van der Waals surface area contributed by atoms with E-state index in [4.69, 9.17) is 5.11 Å². The Morgan fingerprint density at radius 3 is 2.36 bits per heavy atom. The van der Waals surface area contributed by atoms with Gasteiger partial charge in [-0.25, -0.2) is 0 Å². The second-order valence-corrected chi connectivity index (χ2v) is 6.73. The molecular formula is C17H34N2O3. The second kappa shape index (κ2) is 10.6. The number of hydrogen-bond donors (Lipinski definition) is 2. The molecule has 130 valence electrons. The van der Waals surface area contributed by atoms with Crippen LogP contribution in [0.25, 0.3) is 0 Å². The van der Waals surface area contributed by atoms with Crippen LogP contribution in [-0.2, 0) is 9.59 Å². The summed E-state index contributed by atoms with van der Waals surface area (Å²) in [6.45, 7) is 10.4. The third-order valence-corrected chi connectivity index (χ3v) is 4.55. The molecule has 5 heteroatoms. The maximum atomic E-state index is 12.5. The van der Waals surface area contributed by atoms with Crippen LogP contribution in [0, 0.1) is 11.3 Å². The fourth-order valence-corrected chi connectivity index (χ4v) is 2.36. The van der Waals surface area contributed by atoms with Crippen LogP contribution in [0.3, 0.4) is 0 Å². The van der Waals surface area contributed by atoms with E-state index in [0.717, 1.165) is 32.2 Å². The van der Waals surface area contributed by atoms with Crippen molar-refractivity contribution < 1.29 is 14.7 Å². The van der Waals surface area contributed by atoms with Gasteiger partial charge in [0.1, 0.15) is 0 Å². The van der Waals surface area contributed by atoms with Crippen molar-refractivity contribution in [1.29, 1.82) is 0 Å². The molecule has 5 nitrogen and oxygen atoms in total. The van der Waals surface area contributed by atoms with Crippen LogP contribution in [0.1, 0.15) is 59.8 Å². The molecule has 0 bridgehead atoms. The van der Waals surface area contributed by atoms with Gasteiger partial charge in [-0.2, -0.15) is 0 Å². The number of hydrogen-bond acceptors (Lipinski definition) is 3. The van der Waals surface area contributed by atoms with Gasteiger partial charge < -0.3 is 15.3 Å². The number of carbonyl (C=O) groups excluding carboxylic acids is 1. The Kier molecular flexibility index (Phi) is 10.1. The summed E-state index contributed by atoms with van der Waals surface area (Å²) >= 11 is 0. The predicted octanol–water partition coefficient (Wildman–Crippen LogP) is 2.75. The van der Waals surface area contributed by atoms with Crippen molar-refractivity contribution in [3.05, 3.63) is 0 Å². The Morgan fingerprint density at radius 1 is 1.23 bits per heavy atom. The monoisotopic (exact) mass is 314 g/mol. The third kappa shape index (κ3) is 7.78. The number of carboxylic acids is 1. The molecule has 0 aromatic rings.